The molecule has 1 amide bonds. The molecule has 1 atom stereocenters. The molecular formula is C13H11N3O. The molecule has 0 bridgehead atoms. The SMILES string of the molecule is O=C1N[C@@H](c2ccccn2)Nc2ccccc21. The van der Waals surface area contributed by atoms with Crippen molar-refractivity contribution in [2.45, 2.75) is 6.17 Å². The molecule has 0 saturated carbocycles. The second-order valence-electron chi connectivity index (χ2n) is 3.85. The van der Waals surface area contributed by atoms with Crippen molar-refractivity contribution in [3.8, 4) is 0 Å². The summed E-state index contributed by atoms with van der Waals surface area (Å²) in [5.74, 6) is -0.0741. The second kappa shape index (κ2) is 3.90. The monoisotopic (exact) mass is 225 g/mol. The molecule has 0 radical (unpaired) electrons. The van der Waals surface area contributed by atoms with Crippen LogP contribution in [0.3, 0.4) is 0 Å². The predicted molar refractivity (Wildman–Crippen MR) is 64.5 cm³/mol. The summed E-state index contributed by atoms with van der Waals surface area (Å²) in [6.07, 6.45) is 1.45. The summed E-state index contributed by atoms with van der Waals surface area (Å²) < 4.78 is 0. The van der Waals surface area contributed by atoms with Gasteiger partial charge in [0, 0.05) is 11.9 Å². The van der Waals surface area contributed by atoms with E-state index in [2.05, 4.69) is 15.6 Å². The quantitative estimate of drug-likeness (QED) is 0.779. The summed E-state index contributed by atoms with van der Waals surface area (Å²) in [6.45, 7) is 0. The molecule has 84 valence electrons. The van der Waals surface area contributed by atoms with Crippen LogP contribution in [0.4, 0.5) is 5.69 Å². The van der Waals surface area contributed by atoms with Gasteiger partial charge in [0.1, 0.15) is 6.17 Å². The number of benzene rings is 1. The Balaban J connectivity index is 1.97. The third kappa shape index (κ3) is 1.73. The van der Waals surface area contributed by atoms with Crippen molar-refractivity contribution in [3.63, 3.8) is 0 Å². The summed E-state index contributed by atoms with van der Waals surface area (Å²) >= 11 is 0. The lowest BCUT2D eigenvalue weighted by Crippen LogP contribution is -2.38. The first-order chi connectivity index (χ1) is 8.34. The zero-order chi connectivity index (χ0) is 11.7. The van der Waals surface area contributed by atoms with Gasteiger partial charge in [0.2, 0.25) is 0 Å². The number of para-hydroxylation sites is 1. The average Bonchev–Trinajstić information content (AvgIpc) is 2.40. The highest BCUT2D eigenvalue weighted by Crippen LogP contribution is 2.24. The normalized spacial score (nSPS) is 17.9. The molecule has 2 N–H and O–H groups in total. The van der Waals surface area contributed by atoms with Crippen LogP contribution in [0.2, 0.25) is 0 Å². The molecule has 0 spiro atoms. The summed E-state index contributed by atoms with van der Waals surface area (Å²) in [7, 11) is 0. The molecule has 4 nitrogen and oxygen atoms in total. The van der Waals surface area contributed by atoms with Crippen molar-refractivity contribution < 1.29 is 4.79 Å². The number of aromatic nitrogens is 1. The largest absolute Gasteiger partial charge is 0.360 e. The summed E-state index contributed by atoms with van der Waals surface area (Å²) in [5.41, 5.74) is 2.31. The number of rotatable bonds is 1. The van der Waals surface area contributed by atoms with Crippen LogP contribution in [-0.4, -0.2) is 10.9 Å². The Morgan fingerprint density at radius 1 is 1.00 bits per heavy atom. The third-order valence-corrected chi connectivity index (χ3v) is 2.73. The van der Waals surface area contributed by atoms with E-state index in [0.29, 0.717) is 5.56 Å². The van der Waals surface area contributed by atoms with E-state index < -0.39 is 0 Å². The minimum atomic E-state index is -0.265. The van der Waals surface area contributed by atoms with Crippen LogP contribution in [0.5, 0.6) is 0 Å². The summed E-state index contributed by atoms with van der Waals surface area (Å²) in [6, 6.07) is 13.1. The molecule has 17 heavy (non-hydrogen) atoms. The maximum absolute atomic E-state index is 11.9. The fraction of sp³-hybridized carbons (Fsp3) is 0.0769. The van der Waals surface area contributed by atoms with Crippen LogP contribution < -0.4 is 10.6 Å². The minimum Gasteiger partial charge on any atom is -0.360 e. The van der Waals surface area contributed by atoms with Crippen LogP contribution in [0.25, 0.3) is 0 Å². The van der Waals surface area contributed by atoms with Gasteiger partial charge in [0.25, 0.3) is 5.91 Å². The van der Waals surface area contributed by atoms with Gasteiger partial charge < -0.3 is 10.6 Å². The fourth-order valence-electron chi connectivity index (χ4n) is 1.90. The van der Waals surface area contributed by atoms with E-state index in [-0.39, 0.29) is 12.1 Å². The minimum absolute atomic E-state index is 0.0741. The van der Waals surface area contributed by atoms with Gasteiger partial charge in [0.15, 0.2) is 0 Å². The van der Waals surface area contributed by atoms with E-state index in [1.807, 2.05) is 36.4 Å². The number of carbonyl (C=O) groups excluding carboxylic acids is 1. The Morgan fingerprint density at radius 3 is 2.65 bits per heavy atom. The zero-order valence-electron chi connectivity index (χ0n) is 9.05. The Kier molecular flexibility index (Phi) is 2.26. The van der Waals surface area contributed by atoms with Crippen molar-refractivity contribution >= 4 is 11.6 Å². The lowest BCUT2D eigenvalue weighted by atomic mass is 10.1. The smallest absolute Gasteiger partial charge is 0.255 e. The van der Waals surface area contributed by atoms with Crippen molar-refractivity contribution in [3.05, 3.63) is 59.9 Å². The highest BCUT2D eigenvalue weighted by molar-refractivity contribution is 6.01. The molecule has 1 aliphatic heterocycles. The zero-order valence-corrected chi connectivity index (χ0v) is 9.05. The number of nitrogens with zero attached hydrogens (tertiary/aromatic N) is 1. The van der Waals surface area contributed by atoms with Gasteiger partial charge in [-0.3, -0.25) is 9.78 Å². The molecule has 0 unspecified atom stereocenters. The molecule has 0 aliphatic carbocycles. The van der Waals surface area contributed by atoms with Gasteiger partial charge in [-0.05, 0) is 24.3 Å². The van der Waals surface area contributed by atoms with Gasteiger partial charge in [-0.15, -0.1) is 0 Å². The maximum Gasteiger partial charge on any atom is 0.255 e. The van der Waals surface area contributed by atoms with Gasteiger partial charge in [-0.2, -0.15) is 0 Å². The Hall–Kier alpha value is -2.36. The molecule has 3 rings (SSSR count). The average molecular weight is 225 g/mol. The van der Waals surface area contributed by atoms with E-state index in [1.165, 1.54) is 0 Å². The second-order valence-corrected chi connectivity index (χ2v) is 3.85. The lowest BCUT2D eigenvalue weighted by Gasteiger charge is -2.27. The fourth-order valence-corrected chi connectivity index (χ4v) is 1.90. The number of anilines is 1. The molecule has 0 saturated heterocycles. The van der Waals surface area contributed by atoms with Gasteiger partial charge >= 0.3 is 0 Å². The number of amides is 1. The van der Waals surface area contributed by atoms with E-state index in [1.54, 1.807) is 12.3 Å². The van der Waals surface area contributed by atoms with Crippen molar-refractivity contribution in [1.29, 1.82) is 0 Å². The number of nitrogens with one attached hydrogen (secondary N) is 2. The topological polar surface area (TPSA) is 54.0 Å². The van der Waals surface area contributed by atoms with Crippen molar-refractivity contribution in [1.82, 2.24) is 10.3 Å². The van der Waals surface area contributed by atoms with Gasteiger partial charge in [-0.25, -0.2) is 0 Å². The number of pyridine rings is 1. The first-order valence-corrected chi connectivity index (χ1v) is 5.42. The Labute approximate surface area is 98.7 Å². The molecule has 2 heterocycles. The summed E-state index contributed by atoms with van der Waals surface area (Å²) in [4.78, 5) is 16.1. The molecule has 2 aromatic rings. The summed E-state index contributed by atoms with van der Waals surface area (Å²) in [5, 5.41) is 6.13. The number of hydrogen-bond acceptors (Lipinski definition) is 3. The molecular weight excluding hydrogens is 214 g/mol. The highest BCUT2D eigenvalue weighted by Gasteiger charge is 2.24. The van der Waals surface area contributed by atoms with Crippen LogP contribution in [0, 0.1) is 0 Å². The molecule has 1 aromatic heterocycles. The van der Waals surface area contributed by atoms with Crippen LogP contribution in [-0.2, 0) is 0 Å². The van der Waals surface area contributed by atoms with E-state index in [9.17, 15) is 4.79 Å². The maximum atomic E-state index is 11.9. The number of fused-ring (bicyclic) bond motifs is 1. The number of hydrogen-bond donors (Lipinski definition) is 2. The van der Waals surface area contributed by atoms with Gasteiger partial charge in [0.05, 0.1) is 11.3 Å². The van der Waals surface area contributed by atoms with Crippen LogP contribution >= 0.6 is 0 Å². The molecule has 1 aliphatic rings. The van der Waals surface area contributed by atoms with E-state index in [0.717, 1.165) is 11.4 Å². The van der Waals surface area contributed by atoms with Crippen molar-refractivity contribution in [2.24, 2.45) is 0 Å². The standard InChI is InChI=1S/C13H11N3O/c17-13-9-5-1-2-6-10(9)15-12(16-13)11-7-3-4-8-14-11/h1-8,12,15H,(H,16,17)/t12-/m0/s1. The van der Waals surface area contributed by atoms with Crippen LogP contribution in [0.15, 0.2) is 48.7 Å². The van der Waals surface area contributed by atoms with Gasteiger partial charge in [-0.1, -0.05) is 18.2 Å². The van der Waals surface area contributed by atoms with Crippen LogP contribution in [0.1, 0.15) is 22.2 Å². The first-order valence-electron chi connectivity index (χ1n) is 5.42. The lowest BCUT2D eigenvalue weighted by molar-refractivity contribution is 0.0935. The van der Waals surface area contributed by atoms with Crippen molar-refractivity contribution in [2.75, 3.05) is 5.32 Å². The van der Waals surface area contributed by atoms with E-state index in [4.69, 9.17) is 0 Å². The van der Waals surface area contributed by atoms with E-state index >= 15 is 0 Å². The highest BCUT2D eigenvalue weighted by atomic mass is 16.2. The third-order valence-electron chi connectivity index (χ3n) is 2.73. The molecule has 0 fully saturated rings. The molecule has 4 heteroatoms. The number of carbonyl (C=O) groups is 1. The molecule has 1 aromatic carbocycles. The predicted octanol–water partition coefficient (Wildman–Crippen LogP) is 1.94. The Morgan fingerprint density at radius 2 is 1.82 bits per heavy atom. The Bertz CT molecular complexity index is 554. The first kappa shape index (κ1) is 9.84.